The third kappa shape index (κ3) is 4.23. The van der Waals surface area contributed by atoms with Crippen molar-refractivity contribution in [3.8, 4) is 11.3 Å². The van der Waals surface area contributed by atoms with E-state index in [0.717, 1.165) is 44.0 Å². The molecule has 2 unspecified atom stereocenters. The minimum absolute atomic E-state index is 0.292. The Labute approximate surface area is 179 Å². The van der Waals surface area contributed by atoms with Gasteiger partial charge < -0.3 is 9.15 Å². The molecule has 2 saturated heterocycles. The van der Waals surface area contributed by atoms with Crippen molar-refractivity contribution in [1.82, 2.24) is 4.90 Å². The molecule has 156 valence electrons. The molecule has 3 heterocycles. The Morgan fingerprint density at radius 1 is 0.933 bits per heavy atom. The molecule has 0 N–H and O–H groups in total. The van der Waals surface area contributed by atoms with Crippen LogP contribution in [-0.2, 0) is 17.7 Å². The van der Waals surface area contributed by atoms with Crippen LogP contribution in [0.5, 0.6) is 0 Å². The molecule has 0 aliphatic carbocycles. The van der Waals surface area contributed by atoms with Crippen LogP contribution in [0.15, 0.2) is 77.4 Å². The summed E-state index contributed by atoms with van der Waals surface area (Å²) in [6, 6.07) is 23.7. The molecule has 0 saturated carbocycles. The Morgan fingerprint density at radius 2 is 1.80 bits per heavy atom. The van der Waals surface area contributed by atoms with Crippen LogP contribution in [0.2, 0.25) is 0 Å². The fraction of sp³-hybridized carbons (Fsp3) is 0.407. The molecule has 3 heteroatoms. The van der Waals surface area contributed by atoms with E-state index in [1.54, 1.807) is 6.26 Å². The predicted molar refractivity (Wildman–Crippen MR) is 120 cm³/mol. The minimum atomic E-state index is 0.292. The molecule has 3 nitrogen and oxygen atoms in total. The van der Waals surface area contributed by atoms with Crippen molar-refractivity contribution in [2.45, 2.75) is 44.8 Å². The summed E-state index contributed by atoms with van der Waals surface area (Å²) in [6.07, 6.45) is 8.20. The van der Waals surface area contributed by atoms with E-state index >= 15 is 0 Å². The molecular weight excluding hydrogens is 370 g/mol. The maximum atomic E-state index is 6.25. The normalized spacial score (nSPS) is 24.5. The fourth-order valence-corrected chi connectivity index (χ4v) is 5.32. The Morgan fingerprint density at radius 3 is 2.53 bits per heavy atom. The number of nitrogens with zero attached hydrogens (tertiary/aromatic N) is 1. The first-order valence-electron chi connectivity index (χ1n) is 11.3. The first kappa shape index (κ1) is 19.6. The summed E-state index contributed by atoms with van der Waals surface area (Å²) in [5, 5.41) is 0. The first-order chi connectivity index (χ1) is 14.8. The van der Waals surface area contributed by atoms with Crippen LogP contribution in [-0.4, -0.2) is 30.7 Å². The highest BCUT2D eigenvalue weighted by Crippen LogP contribution is 2.44. The summed E-state index contributed by atoms with van der Waals surface area (Å²) in [7, 11) is 0. The number of ether oxygens (including phenoxy) is 1. The summed E-state index contributed by atoms with van der Waals surface area (Å²) in [5.41, 5.74) is 4.25. The molecule has 5 rings (SSSR count). The molecule has 0 spiro atoms. The fourth-order valence-electron chi connectivity index (χ4n) is 5.32. The maximum Gasteiger partial charge on any atom is 0.133 e. The van der Waals surface area contributed by atoms with Gasteiger partial charge >= 0.3 is 0 Å². The average molecular weight is 402 g/mol. The molecule has 0 radical (unpaired) electrons. The third-order valence-corrected chi connectivity index (χ3v) is 7.00. The largest absolute Gasteiger partial charge is 0.464 e. The molecule has 2 aliphatic heterocycles. The molecule has 2 aromatic carbocycles. The predicted octanol–water partition coefficient (Wildman–Crippen LogP) is 5.95. The monoisotopic (exact) mass is 401 g/mol. The summed E-state index contributed by atoms with van der Waals surface area (Å²) < 4.78 is 11.8. The van der Waals surface area contributed by atoms with Crippen molar-refractivity contribution in [2.24, 2.45) is 5.41 Å². The van der Waals surface area contributed by atoms with Gasteiger partial charge in [0, 0.05) is 30.7 Å². The van der Waals surface area contributed by atoms with Gasteiger partial charge in [-0.3, -0.25) is 4.90 Å². The van der Waals surface area contributed by atoms with Crippen LogP contribution in [0.3, 0.4) is 0 Å². The van der Waals surface area contributed by atoms with Gasteiger partial charge in [-0.15, -0.1) is 0 Å². The smallest absolute Gasteiger partial charge is 0.133 e. The number of hydrogen-bond donors (Lipinski definition) is 0. The number of rotatable bonds is 7. The van der Waals surface area contributed by atoms with Crippen molar-refractivity contribution >= 4 is 0 Å². The summed E-state index contributed by atoms with van der Waals surface area (Å²) >= 11 is 0. The van der Waals surface area contributed by atoms with Gasteiger partial charge in [-0.05, 0) is 61.9 Å². The molecular formula is C27H31NO2. The number of aryl methyl sites for hydroxylation is 1. The lowest BCUT2D eigenvalue weighted by Gasteiger charge is -2.35. The van der Waals surface area contributed by atoms with Gasteiger partial charge in [-0.2, -0.15) is 0 Å². The van der Waals surface area contributed by atoms with Crippen molar-refractivity contribution in [3.05, 3.63) is 84.1 Å². The summed E-state index contributed by atoms with van der Waals surface area (Å²) in [5.74, 6) is 0.932. The molecule has 2 atom stereocenters. The molecule has 30 heavy (non-hydrogen) atoms. The molecule has 0 amide bonds. The van der Waals surface area contributed by atoms with Crippen LogP contribution in [0.4, 0.5) is 0 Å². The zero-order valence-electron chi connectivity index (χ0n) is 17.6. The van der Waals surface area contributed by atoms with Crippen LogP contribution in [0, 0.1) is 5.41 Å². The van der Waals surface area contributed by atoms with Crippen molar-refractivity contribution in [2.75, 3.05) is 19.7 Å². The van der Waals surface area contributed by atoms with Gasteiger partial charge in [0.15, 0.2) is 0 Å². The highest BCUT2D eigenvalue weighted by atomic mass is 16.5. The second-order valence-electron chi connectivity index (χ2n) is 8.98. The van der Waals surface area contributed by atoms with E-state index in [1.807, 2.05) is 12.1 Å². The number of likely N-dealkylation sites (tertiary alicyclic amines) is 1. The molecule has 0 bridgehead atoms. The van der Waals surface area contributed by atoms with Gasteiger partial charge in [-0.25, -0.2) is 0 Å². The summed E-state index contributed by atoms with van der Waals surface area (Å²) in [4.78, 5) is 2.63. The van der Waals surface area contributed by atoms with Gasteiger partial charge in [0.25, 0.3) is 0 Å². The highest BCUT2D eigenvalue weighted by molar-refractivity contribution is 5.57. The minimum Gasteiger partial charge on any atom is -0.464 e. The van der Waals surface area contributed by atoms with Crippen molar-refractivity contribution in [1.29, 1.82) is 0 Å². The lowest BCUT2D eigenvalue weighted by Crippen LogP contribution is -2.38. The van der Waals surface area contributed by atoms with E-state index < -0.39 is 0 Å². The Kier molecular flexibility index (Phi) is 5.74. The van der Waals surface area contributed by atoms with E-state index in [4.69, 9.17) is 9.15 Å². The van der Waals surface area contributed by atoms with Crippen LogP contribution >= 0.6 is 0 Å². The zero-order chi connectivity index (χ0) is 20.2. The number of furan rings is 1. The lowest BCUT2D eigenvalue weighted by atomic mass is 9.75. The Hall–Kier alpha value is -2.36. The molecule has 1 aromatic heterocycles. The van der Waals surface area contributed by atoms with E-state index in [0.29, 0.717) is 11.5 Å². The molecule has 2 fully saturated rings. The van der Waals surface area contributed by atoms with E-state index in [9.17, 15) is 0 Å². The maximum absolute atomic E-state index is 6.25. The number of hydrogen-bond acceptors (Lipinski definition) is 3. The number of benzene rings is 2. The van der Waals surface area contributed by atoms with Crippen molar-refractivity contribution < 1.29 is 9.15 Å². The van der Waals surface area contributed by atoms with Crippen LogP contribution in [0.25, 0.3) is 11.3 Å². The van der Waals surface area contributed by atoms with Gasteiger partial charge in [0.05, 0.1) is 12.4 Å². The zero-order valence-corrected chi connectivity index (χ0v) is 17.6. The third-order valence-electron chi connectivity index (χ3n) is 7.00. The van der Waals surface area contributed by atoms with E-state index in [1.165, 1.54) is 36.8 Å². The lowest BCUT2D eigenvalue weighted by molar-refractivity contribution is -0.00181. The van der Waals surface area contributed by atoms with Gasteiger partial charge in [0.1, 0.15) is 5.76 Å². The SMILES string of the molecule is c1ccc(CCC2(C3CCCO3)CCN(Cc3ccc(-c4ccco4)cc3)C2)cc1. The Balaban J connectivity index is 1.26. The standard InChI is InChI=1S/C27H31NO2/c1-2-6-22(7-3-1)14-15-27(26-9-5-19-30-26)16-17-28(21-27)20-23-10-12-24(13-11-23)25-8-4-18-29-25/h1-4,6-8,10-13,18,26H,5,9,14-17,19-21H2. The van der Waals surface area contributed by atoms with Crippen LogP contribution < -0.4 is 0 Å². The molecule has 2 aliphatic rings. The topological polar surface area (TPSA) is 25.6 Å². The first-order valence-corrected chi connectivity index (χ1v) is 11.3. The second-order valence-corrected chi connectivity index (χ2v) is 8.98. The highest BCUT2D eigenvalue weighted by Gasteiger charge is 2.45. The molecule has 3 aromatic rings. The Bertz CT molecular complexity index is 913. The second kappa shape index (κ2) is 8.79. The average Bonchev–Trinajstić information content (AvgIpc) is 3.56. The summed E-state index contributed by atoms with van der Waals surface area (Å²) in [6.45, 7) is 4.25. The van der Waals surface area contributed by atoms with Gasteiger partial charge in [-0.1, -0.05) is 54.6 Å². The van der Waals surface area contributed by atoms with E-state index in [2.05, 4.69) is 59.5 Å². The van der Waals surface area contributed by atoms with E-state index in [-0.39, 0.29) is 0 Å². The quantitative estimate of drug-likeness (QED) is 0.489. The van der Waals surface area contributed by atoms with Crippen molar-refractivity contribution in [3.63, 3.8) is 0 Å². The van der Waals surface area contributed by atoms with Crippen LogP contribution in [0.1, 0.15) is 36.8 Å². The van der Waals surface area contributed by atoms with Gasteiger partial charge in [0.2, 0.25) is 0 Å².